The van der Waals surface area contributed by atoms with Crippen LogP contribution in [0.2, 0.25) is 0 Å². The van der Waals surface area contributed by atoms with E-state index in [2.05, 4.69) is 5.32 Å². The largest absolute Gasteiger partial charge is 0.480 e. The van der Waals surface area contributed by atoms with Crippen LogP contribution in [0.15, 0.2) is 12.2 Å². The Hall–Kier alpha value is -1.69. The lowest BCUT2D eigenvalue weighted by molar-refractivity contribution is -0.144. The highest BCUT2D eigenvalue weighted by molar-refractivity contribution is 5.91. The van der Waals surface area contributed by atoms with E-state index in [1.54, 1.807) is 13.0 Å². The average molecular weight is 339 g/mol. The molecule has 1 rings (SSSR count). The minimum absolute atomic E-state index is 0.0393. The highest BCUT2D eigenvalue weighted by atomic mass is 16.4. The van der Waals surface area contributed by atoms with Crippen molar-refractivity contribution in [2.45, 2.75) is 70.9 Å². The molecule has 0 aliphatic heterocycles. The van der Waals surface area contributed by atoms with Gasteiger partial charge in [-0.15, -0.1) is 0 Å². The number of carboxylic acid groups (broad SMARTS) is 1. The number of rotatable bonds is 9. The Morgan fingerprint density at radius 2 is 2.04 bits per heavy atom. The van der Waals surface area contributed by atoms with Crippen LogP contribution in [-0.4, -0.2) is 39.5 Å². The number of carbonyl (C=O) groups is 3. The molecule has 1 amide bonds. The van der Waals surface area contributed by atoms with Gasteiger partial charge in [-0.2, -0.15) is 0 Å². The van der Waals surface area contributed by atoms with Crippen LogP contribution in [0, 0.1) is 11.8 Å². The smallest absolute Gasteiger partial charge is 0.326 e. The Morgan fingerprint density at radius 3 is 2.58 bits per heavy atom. The number of aliphatic carboxylic acids is 1. The third-order valence-electron chi connectivity index (χ3n) is 4.94. The van der Waals surface area contributed by atoms with Crippen LogP contribution < -0.4 is 5.32 Å². The van der Waals surface area contributed by atoms with Gasteiger partial charge in [0.2, 0.25) is 5.91 Å². The highest BCUT2D eigenvalue weighted by Crippen LogP contribution is 2.38. The van der Waals surface area contributed by atoms with Gasteiger partial charge in [0.15, 0.2) is 5.78 Å². The Bertz CT molecular complexity index is 502. The van der Waals surface area contributed by atoms with E-state index in [0.29, 0.717) is 12.8 Å². The molecule has 0 aromatic rings. The number of carboxylic acids is 1. The predicted octanol–water partition coefficient (Wildman–Crippen LogP) is 2.06. The first-order valence-corrected chi connectivity index (χ1v) is 8.69. The molecule has 0 radical (unpaired) electrons. The second-order valence-electron chi connectivity index (χ2n) is 6.64. The highest BCUT2D eigenvalue weighted by Gasteiger charge is 2.48. The summed E-state index contributed by atoms with van der Waals surface area (Å²) in [6.45, 7) is 5.59. The molecule has 4 atom stereocenters. The number of allylic oxidation sites excluding steroid dienone is 1. The van der Waals surface area contributed by atoms with Crippen molar-refractivity contribution in [2.24, 2.45) is 11.8 Å². The lowest BCUT2D eigenvalue weighted by Gasteiger charge is -2.28. The Morgan fingerprint density at radius 1 is 1.38 bits per heavy atom. The molecule has 136 valence electrons. The number of nitrogens with one attached hydrogen (secondary N) is 1. The van der Waals surface area contributed by atoms with Crippen LogP contribution >= 0.6 is 0 Å². The normalized spacial score (nSPS) is 26.5. The summed E-state index contributed by atoms with van der Waals surface area (Å²) in [5.74, 6) is -2.40. The molecule has 0 aromatic carbocycles. The van der Waals surface area contributed by atoms with Gasteiger partial charge in [0.1, 0.15) is 11.6 Å². The maximum absolute atomic E-state index is 12.2. The summed E-state index contributed by atoms with van der Waals surface area (Å²) in [4.78, 5) is 35.6. The average Bonchev–Trinajstić information content (AvgIpc) is 2.80. The monoisotopic (exact) mass is 339 g/mol. The standard InChI is InChI=1S/C18H29NO5/c1-4-6-7-10-18(24)13(8-9-14(18)20)11-15(21)19-16(17(22)23)12(3)5-2/h6-7,12-13,16,24H,4-5,8-11H2,1-3H3,(H,19,21)(H,22,23)/b7-6-/t12-,13-,16-,18-/m0/s1. The van der Waals surface area contributed by atoms with Crippen molar-refractivity contribution >= 4 is 17.7 Å². The fourth-order valence-electron chi connectivity index (χ4n) is 3.11. The van der Waals surface area contributed by atoms with Gasteiger partial charge in [0.05, 0.1) is 0 Å². The van der Waals surface area contributed by atoms with E-state index in [-0.39, 0.29) is 31.0 Å². The number of hydrogen-bond acceptors (Lipinski definition) is 4. The van der Waals surface area contributed by atoms with E-state index in [9.17, 15) is 24.6 Å². The number of aliphatic hydroxyl groups is 1. The molecule has 0 bridgehead atoms. The maximum Gasteiger partial charge on any atom is 0.326 e. The van der Waals surface area contributed by atoms with Crippen molar-refractivity contribution in [1.82, 2.24) is 5.32 Å². The first-order chi connectivity index (χ1) is 11.3. The molecule has 0 aromatic heterocycles. The molecule has 0 saturated heterocycles. The van der Waals surface area contributed by atoms with Crippen molar-refractivity contribution < 1.29 is 24.6 Å². The van der Waals surface area contributed by atoms with Crippen LogP contribution in [0.4, 0.5) is 0 Å². The zero-order valence-corrected chi connectivity index (χ0v) is 14.7. The van der Waals surface area contributed by atoms with E-state index in [0.717, 1.165) is 6.42 Å². The lowest BCUT2D eigenvalue weighted by Crippen LogP contribution is -2.47. The number of ketones is 1. The molecule has 0 unspecified atom stereocenters. The van der Waals surface area contributed by atoms with Crippen molar-refractivity contribution in [1.29, 1.82) is 0 Å². The SMILES string of the molecule is CC/C=C\C[C@@]1(O)C(=O)CC[C@H]1CC(=O)N[C@H](C(=O)O)[C@@H](C)CC. The van der Waals surface area contributed by atoms with Gasteiger partial charge in [0.25, 0.3) is 0 Å². The summed E-state index contributed by atoms with van der Waals surface area (Å²) < 4.78 is 0. The van der Waals surface area contributed by atoms with Crippen LogP contribution in [0.5, 0.6) is 0 Å². The van der Waals surface area contributed by atoms with Gasteiger partial charge in [-0.1, -0.05) is 39.3 Å². The minimum atomic E-state index is -1.52. The van der Waals surface area contributed by atoms with Crippen LogP contribution in [-0.2, 0) is 14.4 Å². The van der Waals surface area contributed by atoms with Gasteiger partial charge in [-0.25, -0.2) is 4.79 Å². The molecular formula is C18H29NO5. The Kier molecular flexibility index (Phi) is 7.60. The fraction of sp³-hybridized carbons (Fsp3) is 0.722. The molecule has 1 fully saturated rings. The van der Waals surface area contributed by atoms with E-state index in [1.807, 2.05) is 19.9 Å². The number of amides is 1. The summed E-state index contributed by atoms with van der Waals surface area (Å²) >= 11 is 0. The first-order valence-electron chi connectivity index (χ1n) is 8.69. The second-order valence-corrected chi connectivity index (χ2v) is 6.64. The van der Waals surface area contributed by atoms with Gasteiger partial charge in [0, 0.05) is 25.2 Å². The molecule has 6 heteroatoms. The number of carbonyl (C=O) groups excluding carboxylic acids is 2. The van der Waals surface area contributed by atoms with Crippen LogP contribution in [0.3, 0.4) is 0 Å². The molecule has 1 aliphatic carbocycles. The molecule has 3 N–H and O–H groups in total. The van der Waals surface area contributed by atoms with Crippen LogP contribution in [0.1, 0.15) is 59.3 Å². The fourth-order valence-corrected chi connectivity index (χ4v) is 3.11. The summed E-state index contributed by atoms with van der Waals surface area (Å²) in [6, 6.07) is -0.951. The number of Topliss-reactive ketones (excluding diaryl/α,β-unsaturated/α-hetero) is 1. The van der Waals surface area contributed by atoms with Gasteiger partial charge < -0.3 is 15.5 Å². The molecule has 1 aliphatic rings. The molecule has 1 saturated carbocycles. The van der Waals surface area contributed by atoms with E-state index >= 15 is 0 Å². The topological polar surface area (TPSA) is 104 Å². The molecule has 24 heavy (non-hydrogen) atoms. The Labute approximate surface area is 143 Å². The maximum atomic E-state index is 12.2. The van der Waals surface area contributed by atoms with Crippen molar-refractivity contribution in [3.63, 3.8) is 0 Å². The molecular weight excluding hydrogens is 310 g/mol. The third kappa shape index (κ3) is 4.90. The minimum Gasteiger partial charge on any atom is -0.480 e. The van der Waals surface area contributed by atoms with Gasteiger partial charge in [-0.05, 0) is 18.8 Å². The van der Waals surface area contributed by atoms with Crippen LogP contribution in [0.25, 0.3) is 0 Å². The van der Waals surface area contributed by atoms with Crippen molar-refractivity contribution in [3.05, 3.63) is 12.2 Å². The summed E-state index contributed by atoms with van der Waals surface area (Å²) in [5.41, 5.74) is -1.52. The van der Waals surface area contributed by atoms with Gasteiger partial charge in [-0.3, -0.25) is 9.59 Å². The Balaban J connectivity index is 2.75. The van der Waals surface area contributed by atoms with E-state index in [1.165, 1.54) is 0 Å². The summed E-state index contributed by atoms with van der Waals surface area (Å²) in [7, 11) is 0. The number of hydrogen-bond donors (Lipinski definition) is 3. The van der Waals surface area contributed by atoms with E-state index < -0.39 is 29.4 Å². The summed E-state index contributed by atoms with van der Waals surface area (Å²) in [5, 5.41) is 22.5. The lowest BCUT2D eigenvalue weighted by atomic mass is 9.84. The zero-order valence-electron chi connectivity index (χ0n) is 14.7. The van der Waals surface area contributed by atoms with E-state index in [4.69, 9.17) is 0 Å². The zero-order chi connectivity index (χ0) is 18.3. The van der Waals surface area contributed by atoms with Crippen molar-refractivity contribution in [3.8, 4) is 0 Å². The molecule has 6 nitrogen and oxygen atoms in total. The van der Waals surface area contributed by atoms with Gasteiger partial charge >= 0.3 is 5.97 Å². The summed E-state index contributed by atoms with van der Waals surface area (Å²) in [6.07, 6.45) is 5.95. The van der Waals surface area contributed by atoms with Crippen molar-refractivity contribution in [2.75, 3.05) is 0 Å². The third-order valence-corrected chi connectivity index (χ3v) is 4.94. The first kappa shape index (κ1) is 20.4. The predicted molar refractivity (Wildman–Crippen MR) is 90.4 cm³/mol. The molecule has 0 heterocycles. The quantitative estimate of drug-likeness (QED) is 0.558. The molecule has 0 spiro atoms. The second kappa shape index (κ2) is 8.97.